The molecule has 0 aliphatic heterocycles. The highest BCUT2D eigenvalue weighted by Crippen LogP contribution is 2.54. The fourth-order valence-corrected chi connectivity index (χ4v) is 8.31. The molecule has 13 nitrogen and oxygen atoms in total. The maximum atomic E-state index is 14.2. The minimum atomic E-state index is -2.66. The van der Waals surface area contributed by atoms with Gasteiger partial charge in [0, 0.05) is 5.92 Å². The van der Waals surface area contributed by atoms with Crippen molar-refractivity contribution in [2.45, 2.75) is 56.1 Å². The minimum Gasteiger partial charge on any atom is -0.510 e. The van der Waals surface area contributed by atoms with E-state index in [1.54, 1.807) is 14.1 Å². The Morgan fingerprint density at radius 1 is 1.06 bits per heavy atom. The van der Waals surface area contributed by atoms with Gasteiger partial charge in [0.1, 0.15) is 29.2 Å². The van der Waals surface area contributed by atoms with Crippen LogP contribution in [0.4, 0.5) is 5.69 Å². The number of hydrogen-bond donors (Lipinski definition) is 7. The van der Waals surface area contributed by atoms with E-state index in [0.717, 1.165) is 11.1 Å². The summed E-state index contributed by atoms with van der Waals surface area (Å²) in [5.74, 6) is -8.36. The molecule has 6 rings (SSSR count). The van der Waals surface area contributed by atoms with Gasteiger partial charge in [-0.05, 0) is 68.5 Å². The second-order valence-corrected chi connectivity index (χ2v) is 14.3. The zero-order valence-electron chi connectivity index (χ0n) is 28.6. The molecular formula is C38H41ClN4O9. The number of aromatic hydroxyl groups is 1. The number of halogens is 1. The number of Topliss-reactive ketones (excluding diaryl/α,β-unsaturated/α-hetero) is 2. The standard InChI is InChI=1S/C38H41ClN4O9/c1-43(2)30-23-16-21-15-22-17-24(39)29(32(45)26(22)31(44)27(21)34(47)38(23,51)35(48)28(33(30)46)36(40)49)41-37(50)25(14-13-19-9-5-3-6-10-19)42-52-18-20-11-7-4-8-12-20/h3-12,17,21,23,25,27,30,34,42,45-47,51H,13-16,18H2,1-2H3,(H2,40,49)(H,41,50)/t21?,23?,25?,27?,30-,34?,38?/m0/s1. The molecule has 0 radical (unpaired) electrons. The largest absolute Gasteiger partial charge is 0.510 e. The number of phenols is 1. The molecule has 3 aromatic rings. The molecule has 3 aliphatic rings. The van der Waals surface area contributed by atoms with Gasteiger partial charge in [-0.25, -0.2) is 0 Å². The lowest BCUT2D eigenvalue weighted by molar-refractivity contribution is -0.190. The van der Waals surface area contributed by atoms with E-state index in [0.29, 0.717) is 18.4 Å². The molecule has 0 saturated heterocycles. The molecule has 3 aromatic carbocycles. The molecular weight excluding hydrogens is 692 g/mol. The Kier molecular flexibility index (Phi) is 10.6. The molecule has 8 N–H and O–H groups in total. The molecule has 52 heavy (non-hydrogen) atoms. The summed E-state index contributed by atoms with van der Waals surface area (Å²) in [4.78, 5) is 61.1. The molecule has 0 heterocycles. The summed E-state index contributed by atoms with van der Waals surface area (Å²) in [6.45, 7) is 0.168. The van der Waals surface area contributed by atoms with Crippen LogP contribution in [0.5, 0.6) is 5.75 Å². The molecule has 6 unspecified atom stereocenters. The Morgan fingerprint density at radius 2 is 1.69 bits per heavy atom. The smallest absolute Gasteiger partial charge is 0.255 e. The van der Waals surface area contributed by atoms with Crippen LogP contribution in [-0.4, -0.2) is 86.6 Å². The predicted molar refractivity (Wildman–Crippen MR) is 190 cm³/mol. The number of hydroxylamine groups is 1. The fraction of sp³-hybridized carbons (Fsp3) is 0.368. The van der Waals surface area contributed by atoms with Crippen LogP contribution in [0.15, 0.2) is 78.1 Å². The van der Waals surface area contributed by atoms with Crippen LogP contribution in [0.2, 0.25) is 5.02 Å². The van der Waals surface area contributed by atoms with Crippen LogP contribution < -0.4 is 16.5 Å². The molecule has 1 saturated carbocycles. The molecule has 274 valence electrons. The van der Waals surface area contributed by atoms with Gasteiger partial charge in [-0.15, -0.1) is 0 Å². The Bertz CT molecular complexity index is 1920. The summed E-state index contributed by atoms with van der Waals surface area (Å²) in [7, 11) is 3.14. The number of fused-ring (bicyclic) bond motifs is 3. The number of anilines is 1. The third kappa shape index (κ3) is 6.60. The van der Waals surface area contributed by atoms with E-state index in [2.05, 4.69) is 10.8 Å². The first-order valence-electron chi connectivity index (χ1n) is 16.9. The van der Waals surface area contributed by atoms with E-state index in [4.69, 9.17) is 22.2 Å². The number of aryl methyl sites for hydroxylation is 1. The van der Waals surface area contributed by atoms with Gasteiger partial charge in [-0.2, -0.15) is 5.48 Å². The van der Waals surface area contributed by atoms with Gasteiger partial charge in [0.25, 0.3) is 5.91 Å². The fourth-order valence-electron chi connectivity index (χ4n) is 8.04. The number of primary amides is 1. The number of nitrogens with zero attached hydrogens (tertiary/aromatic N) is 1. The van der Waals surface area contributed by atoms with Crippen molar-refractivity contribution in [1.82, 2.24) is 10.4 Å². The highest BCUT2D eigenvalue weighted by molar-refractivity contribution is 6.34. The summed E-state index contributed by atoms with van der Waals surface area (Å²) in [6, 6.07) is 18.3. The van der Waals surface area contributed by atoms with Crippen molar-refractivity contribution in [3.8, 4) is 5.75 Å². The van der Waals surface area contributed by atoms with E-state index in [1.807, 2.05) is 60.7 Å². The molecule has 3 aliphatic carbocycles. The Labute approximate surface area is 305 Å². The highest BCUT2D eigenvalue weighted by atomic mass is 35.5. The summed E-state index contributed by atoms with van der Waals surface area (Å²) in [5.41, 5.74) is 6.48. The molecule has 7 atom stereocenters. The second-order valence-electron chi connectivity index (χ2n) is 13.9. The number of nitrogens with two attached hydrogens (primary N) is 1. The quantitative estimate of drug-likeness (QED) is 0.0865. The molecule has 14 heteroatoms. The first-order valence-corrected chi connectivity index (χ1v) is 17.3. The SMILES string of the molecule is CN(C)[C@@H]1C(O)=C(C(N)=O)C(=O)C2(O)C(O)C3C(=O)c4c(cc(Cl)c(NC(=O)C(CCc5ccccc5)NOCc5ccccc5)c4O)CC3CC12. The first kappa shape index (κ1) is 37.1. The number of aliphatic hydroxyl groups excluding tert-OH is 2. The molecule has 0 spiro atoms. The number of hydrogen-bond acceptors (Lipinski definition) is 11. The van der Waals surface area contributed by atoms with Crippen LogP contribution in [0, 0.1) is 17.8 Å². The zero-order chi connectivity index (χ0) is 37.5. The van der Waals surface area contributed by atoms with Crippen molar-refractivity contribution < 1.29 is 44.4 Å². The van der Waals surface area contributed by atoms with Crippen molar-refractivity contribution in [2.75, 3.05) is 19.4 Å². The Hall–Kier alpha value is -4.63. The monoisotopic (exact) mass is 732 g/mol. The third-order valence-corrected chi connectivity index (χ3v) is 10.8. The van der Waals surface area contributed by atoms with E-state index < -0.39 is 82.0 Å². The summed E-state index contributed by atoms with van der Waals surface area (Å²) in [5, 5.41) is 48.7. The number of carbonyl (C=O) groups excluding carboxylic acids is 4. The first-order chi connectivity index (χ1) is 24.7. The summed E-state index contributed by atoms with van der Waals surface area (Å²) < 4.78 is 0. The van der Waals surface area contributed by atoms with Gasteiger partial charge in [0.2, 0.25) is 11.7 Å². The highest BCUT2D eigenvalue weighted by Gasteiger charge is 2.66. The Balaban J connectivity index is 1.28. The molecule has 2 amide bonds. The molecule has 0 bridgehead atoms. The maximum absolute atomic E-state index is 14.2. The average Bonchev–Trinajstić information content (AvgIpc) is 3.10. The van der Waals surface area contributed by atoms with Gasteiger partial charge >= 0.3 is 0 Å². The number of ketones is 2. The van der Waals surface area contributed by atoms with Gasteiger partial charge < -0.3 is 31.5 Å². The number of benzene rings is 3. The van der Waals surface area contributed by atoms with Crippen LogP contribution in [0.25, 0.3) is 0 Å². The number of rotatable bonds is 11. The maximum Gasteiger partial charge on any atom is 0.255 e. The molecule has 0 aromatic heterocycles. The van der Waals surface area contributed by atoms with Crippen LogP contribution in [-0.2, 0) is 38.7 Å². The lowest BCUT2D eigenvalue weighted by Crippen LogP contribution is -2.71. The topological polar surface area (TPSA) is 212 Å². The number of likely N-dealkylation sites (N-methyl/N-ethyl adjacent to an activating group) is 1. The van der Waals surface area contributed by atoms with Gasteiger partial charge in [-0.3, -0.25) is 28.9 Å². The van der Waals surface area contributed by atoms with Crippen molar-refractivity contribution in [1.29, 1.82) is 0 Å². The van der Waals surface area contributed by atoms with Crippen LogP contribution >= 0.6 is 11.6 Å². The number of nitrogens with one attached hydrogen (secondary N) is 2. The van der Waals surface area contributed by atoms with Crippen molar-refractivity contribution in [3.05, 3.63) is 105 Å². The van der Waals surface area contributed by atoms with Gasteiger partial charge in [-0.1, -0.05) is 72.3 Å². The van der Waals surface area contributed by atoms with E-state index >= 15 is 0 Å². The van der Waals surface area contributed by atoms with Crippen LogP contribution in [0.1, 0.15) is 39.9 Å². The summed E-state index contributed by atoms with van der Waals surface area (Å²) in [6.07, 6.45) is -1.14. The van der Waals surface area contributed by atoms with Crippen molar-refractivity contribution in [3.63, 3.8) is 0 Å². The van der Waals surface area contributed by atoms with Crippen LogP contribution in [0.3, 0.4) is 0 Å². The van der Waals surface area contributed by atoms with Crippen molar-refractivity contribution >= 4 is 40.7 Å². The lowest BCUT2D eigenvalue weighted by atomic mass is 9.53. The predicted octanol–water partition coefficient (Wildman–Crippen LogP) is 2.60. The summed E-state index contributed by atoms with van der Waals surface area (Å²) >= 11 is 6.64. The van der Waals surface area contributed by atoms with E-state index in [9.17, 15) is 39.6 Å². The number of carbonyl (C=O) groups is 4. The zero-order valence-corrected chi connectivity index (χ0v) is 29.3. The number of phenolic OH excluding ortho intramolecular Hbond substituents is 1. The third-order valence-electron chi connectivity index (χ3n) is 10.5. The minimum absolute atomic E-state index is 0.0112. The number of aliphatic hydroxyl groups is 3. The second kappa shape index (κ2) is 14.8. The van der Waals surface area contributed by atoms with E-state index in [1.165, 1.54) is 11.0 Å². The average molecular weight is 733 g/mol. The normalized spacial score (nSPS) is 26.0. The van der Waals surface area contributed by atoms with Crippen molar-refractivity contribution in [2.24, 2.45) is 23.5 Å². The lowest BCUT2D eigenvalue weighted by Gasteiger charge is -2.55. The van der Waals surface area contributed by atoms with E-state index in [-0.39, 0.29) is 35.7 Å². The number of amides is 2. The Morgan fingerprint density at radius 3 is 2.31 bits per heavy atom. The molecule has 1 fully saturated rings. The van der Waals surface area contributed by atoms with Gasteiger partial charge in [0.05, 0.1) is 29.2 Å². The van der Waals surface area contributed by atoms with Gasteiger partial charge in [0.15, 0.2) is 17.1 Å².